The molecule has 0 radical (unpaired) electrons. The largest absolute Gasteiger partial charge is 0.497 e. The van der Waals surface area contributed by atoms with Gasteiger partial charge in [0.15, 0.2) is 0 Å². The van der Waals surface area contributed by atoms with Crippen molar-refractivity contribution in [1.29, 1.82) is 0 Å². The van der Waals surface area contributed by atoms with Gasteiger partial charge in [0.2, 0.25) is 0 Å². The highest BCUT2D eigenvalue weighted by atomic mass is 32.2. The molecular weight excluding hydrogens is 326 g/mol. The highest BCUT2D eigenvalue weighted by Crippen LogP contribution is 2.63. The normalized spacial score (nSPS) is 34.2. The zero-order valence-corrected chi connectivity index (χ0v) is 14.6. The van der Waals surface area contributed by atoms with Crippen LogP contribution < -0.4 is 9.61 Å². The molecule has 120 valence electrons. The van der Waals surface area contributed by atoms with Gasteiger partial charge in [-0.1, -0.05) is 23.5 Å². The number of benzene rings is 1. The van der Waals surface area contributed by atoms with Gasteiger partial charge in [-0.05, 0) is 54.7 Å². The van der Waals surface area contributed by atoms with Crippen molar-refractivity contribution in [2.24, 2.45) is 17.8 Å². The van der Waals surface area contributed by atoms with Crippen LogP contribution in [0.1, 0.15) is 35.6 Å². The highest BCUT2D eigenvalue weighted by Gasteiger charge is 2.54. The predicted octanol–water partition coefficient (Wildman–Crippen LogP) is 4.10. The number of hydrogen-bond acceptors (Lipinski definition) is 4. The second kappa shape index (κ2) is 5.15. The third kappa shape index (κ3) is 2.06. The Morgan fingerprint density at radius 2 is 1.96 bits per heavy atom. The van der Waals surface area contributed by atoms with E-state index >= 15 is 0 Å². The Morgan fingerprint density at radius 3 is 2.74 bits per heavy atom. The van der Waals surface area contributed by atoms with E-state index in [1.165, 1.54) is 41.0 Å². The van der Waals surface area contributed by atoms with Crippen molar-refractivity contribution >= 4 is 23.1 Å². The average Bonchev–Trinajstić information content (AvgIpc) is 3.26. The first-order valence-electron chi connectivity index (χ1n) is 8.28. The van der Waals surface area contributed by atoms with E-state index in [2.05, 4.69) is 17.1 Å². The Hall–Kier alpha value is -1.20. The summed E-state index contributed by atoms with van der Waals surface area (Å²) in [6, 6.07) is 8.48. The van der Waals surface area contributed by atoms with Crippen LogP contribution in [-0.2, 0) is 0 Å². The van der Waals surface area contributed by atoms with E-state index in [0.717, 1.165) is 22.6 Å². The summed E-state index contributed by atoms with van der Waals surface area (Å²) in [5.41, 5.74) is 1.34. The molecule has 5 atom stereocenters. The molecule has 1 aromatic heterocycles. The number of methoxy groups -OCH3 is 1. The highest BCUT2D eigenvalue weighted by molar-refractivity contribution is 8.00. The molecule has 2 aromatic rings. The molecule has 5 heteroatoms. The van der Waals surface area contributed by atoms with Gasteiger partial charge in [-0.3, -0.25) is 4.79 Å². The summed E-state index contributed by atoms with van der Waals surface area (Å²) in [5.74, 6) is 3.63. The number of rotatable bonds is 2. The van der Waals surface area contributed by atoms with Crippen LogP contribution >= 0.6 is 23.1 Å². The Labute approximate surface area is 143 Å². The summed E-state index contributed by atoms with van der Waals surface area (Å²) in [6.45, 7) is 0. The summed E-state index contributed by atoms with van der Waals surface area (Å²) in [4.78, 5) is 16.4. The molecule has 0 amide bonds. The van der Waals surface area contributed by atoms with Crippen LogP contribution in [0.25, 0.3) is 0 Å². The van der Waals surface area contributed by atoms with E-state index < -0.39 is 0 Å². The fraction of sp³-hybridized carbons (Fsp3) is 0.500. The second-order valence-electron chi connectivity index (χ2n) is 6.95. The van der Waals surface area contributed by atoms with Gasteiger partial charge in [0.25, 0.3) is 0 Å². The van der Waals surface area contributed by atoms with Gasteiger partial charge in [0, 0.05) is 16.0 Å². The topological polar surface area (TPSA) is 42.1 Å². The van der Waals surface area contributed by atoms with Crippen LogP contribution in [0.15, 0.2) is 34.1 Å². The zero-order chi connectivity index (χ0) is 15.6. The lowest BCUT2D eigenvalue weighted by Crippen LogP contribution is -2.33. The van der Waals surface area contributed by atoms with Crippen molar-refractivity contribution in [3.63, 3.8) is 0 Å². The van der Waals surface area contributed by atoms with Gasteiger partial charge in [0.1, 0.15) is 5.75 Å². The molecule has 2 fully saturated rings. The molecule has 0 spiro atoms. The van der Waals surface area contributed by atoms with Crippen molar-refractivity contribution in [3.05, 3.63) is 44.4 Å². The van der Waals surface area contributed by atoms with Gasteiger partial charge in [-0.2, -0.15) is 0 Å². The average molecular weight is 345 g/mol. The van der Waals surface area contributed by atoms with E-state index in [-0.39, 0.29) is 4.87 Å². The lowest BCUT2D eigenvalue weighted by atomic mass is 9.75. The van der Waals surface area contributed by atoms with E-state index in [1.54, 1.807) is 7.11 Å². The summed E-state index contributed by atoms with van der Waals surface area (Å²) >= 11 is 3.36. The van der Waals surface area contributed by atoms with E-state index in [9.17, 15) is 4.79 Å². The predicted molar refractivity (Wildman–Crippen MR) is 93.7 cm³/mol. The molecule has 5 rings (SSSR count). The molecular formula is C18H19NO2S2. The van der Waals surface area contributed by atoms with Gasteiger partial charge >= 0.3 is 4.87 Å². The molecule has 3 nitrogen and oxygen atoms in total. The maximum Gasteiger partial charge on any atom is 0.305 e. The Kier molecular flexibility index (Phi) is 3.17. The van der Waals surface area contributed by atoms with Crippen LogP contribution in [0.4, 0.5) is 0 Å². The number of nitrogens with one attached hydrogen (secondary N) is 1. The number of fused-ring (bicyclic) bond motifs is 6. The molecule has 2 bridgehead atoms. The molecule has 2 saturated carbocycles. The molecule has 1 N–H and O–H groups in total. The number of H-pyrrole nitrogens is 1. The number of aromatic amines is 1. The number of thioether (sulfide) groups is 1. The Morgan fingerprint density at radius 1 is 1.17 bits per heavy atom. The minimum Gasteiger partial charge on any atom is -0.497 e. The summed E-state index contributed by atoms with van der Waals surface area (Å²) < 4.78 is 5.31. The SMILES string of the molecule is COc1ccc([C@H]2c3sc(=O)[nH]c3S[C@H]3[C@@H]4CC[C@H](C4)[C@@H]23)cc1. The fourth-order valence-corrected chi connectivity index (χ4v) is 7.93. The van der Waals surface area contributed by atoms with Gasteiger partial charge in [0.05, 0.1) is 12.1 Å². The van der Waals surface area contributed by atoms with E-state index in [0.29, 0.717) is 17.1 Å². The fourth-order valence-electron chi connectivity index (χ4n) is 5.03. The molecule has 2 heterocycles. The lowest BCUT2D eigenvalue weighted by molar-refractivity contribution is 0.307. The Bertz CT molecular complexity index is 794. The van der Waals surface area contributed by atoms with Gasteiger partial charge < -0.3 is 9.72 Å². The van der Waals surface area contributed by atoms with Crippen LogP contribution in [-0.4, -0.2) is 17.3 Å². The van der Waals surface area contributed by atoms with Crippen molar-refractivity contribution in [1.82, 2.24) is 4.98 Å². The smallest absolute Gasteiger partial charge is 0.305 e. The van der Waals surface area contributed by atoms with E-state index in [4.69, 9.17) is 4.74 Å². The molecule has 3 aliphatic rings. The third-order valence-corrected chi connectivity index (χ3v) is 8.56. The van der Waals surface area contributed by atoms with Crippen molar-refractivity contribution in [3.8, 4) is 5.75 Å². The number of thiazole rings is 1. The van der Waals surface area contributed by atoms with Crippen LogP contribution in [0.5, 0.6) is 5.75 Å². The molecule has 0 saturated heterocycles. The third-order valence-electron chi connectivity index (χ3n) is 5.94. The minimum absolute atomic E-state index is 0.0910. The molecule has 2 aliphatic carbocycles. The first kappa shape index (κ1) is 14.2. The molecule has 1 aliphatic heterocycles. The minimum atomic E-state index is 0.0910. The van der Waals surface area contributed by atoms with Crippen molar-refractivity contribution < 1.29 is 4.74 Å². The summed E-state index contributed by atoms with van der Waals surface area (Å²) in [7, 11) is 1.70. The standard InChI is InChI=1S/C18H19NO2S2/c1-21-12-6-4-9(5-7-12)13-14-10-2-3-11(8-10)15(14)22-17-16(13)23-18(20)19-17/h4-7,10-11,13-15H,2-3,8H2,1H3,(H,19,20)/t10-,11-,13-,14+,15+/m1/s1. The first-order valence-corrected chi connectivity index (χ1v) is 9.98. The molecule has 23 heavy (non-hydrogen) atoms. The second-order valence-corrected chi connectivity index (χ2v) is 9.15. The quantitative estimate of drug-likeness (QED) is 0.891. The van der Waals surface area contributed by atoms with Crippen molar-refractivity contribution in [2.75, 3.05) is 7.11 Å². The van der Waals surface area contributed by atoms with Crippen LogP contribution in [0.2, 0.25) is 0 Å². The number of hydrogen-bond donors (Lipinski definition) is 1. The monoisotopic (exact) mass is 345 g/mol. The van der Waals surface area contributed by atoms with E-state index in [1.807, 2.05) is 23.9 Å². The maximum absolute atomic E-state index is 12.0. The van der Waals surface area contributed by atoms with Gasteiger partial charge in [-0.25, -0.2) is 0 Å². The number of aromatic nitrogens is 1. The number of ether oxygens (including phenoxy) is 1. The summed E-state index contributed by atoms with van der Waals surface area (Å²) in [6.07, 6.45) is 4.12. The maximum atomic E-state index is 12.0. The van der Waals surface area contributed by atoms with Gasteiger partial charge in [-0.15, -0.1) is 11.8 Å². The summed E-state index contributed by atoms with van der Waals surface area (Å²) in [5, 5.41) is 1.81. The van der Waals surface area contributed by atoms with Crippen LogP contribution in [0.3, 0.4) is 0 Å². The molecule has 1 aromatic carbocycles. The van der Waals surface area contributed by atoms with Crippen molar-refractivity contribution in [2.45, 2.75) is 35.5 Å². The zero-order valence-electron chi connectivity index (χ0n) is 13.0. The lowest BCUT2D eigenvalue weighted by Gasteiger charge is -2.40. The van der Waals surface area contributed by atoms with Crippen LogP contribution in [0, 0.1) is 17.8 Å². The Balaban J connectivity index is 1.64. The first-order chi connectivity index (χ1) is 11.2. The molecule has 0 unspecified atom stereocenters.